The predicted molar refractivity (Wildman–Crippen MR) is 200 cm³/mol. The molecule has 12 heteroatoms. The molecule has 0 radical (unpaired) electrons. The zero-order valence-electron chi connectivity index (χ0n) is 30.1. The van der Waals surface area contributed by atoms with Crippen LogP contribution in [0.3, 0.4) is 0 Å². The van der Waals surface area contributed by atoms with E-state index in [0.29, 0.717) is 29.3 Å². The van der Waals surface area contributed by atoms with Crippen molar-refractivity contribution in [3.8, 4) is 0 Å². The summed E-state index contributed by atoms with van der Waals surface area (Å²) in [5.41, 5.74) is 9.63. The molecule has 0 aliphatic carbocycles. The van der Waals surface area contributed by atoms with E-state index in [0.717, 1.165) is 22.4 Å². The Morgan fingerprint density at radius 1 is 0.826 bits per heavy atom. The van der Waals surface area contributed by atoms with Crippen LogP contribution < -0.4 is 5.73 Å². The van der Waals surface area contributed by atoms with Gasteiger partial charge in [0.15, 0.2) is 11.5 Å². The first-order valence-corrected chi connectivity index (χ1v) is 23.3. The van der Waals surface area contributed by atoms with E-state index in [1.807, 2.05) is 6.92 Å². The predicted octanol–water partition coefficient (Wildman–Crippen LogP) is 10.1. The fourth-order valence-electron chi connectivity index (χ4n) is 7.23. The Balaban J connectivity index is 1.39. The molecule has 0 amide bonds. The first-order valence-electron chi connectivity index (χ1n) is 18.0. The second kappa shape index (κ2) is 21.9. The van der Waals surface area contributed by atoms with Gasteiger partial charge >= 0.3 is 7.60 Å². The lowest BCUT2D eigenvalue weighted by atomic mass is 10.1. The summed E-state index contributed by atoms with van der Waals surface area (Å²) in [4.78, 5) is 22.5. The minimum atomic E-state index is -3.80. The van der Waals surface area contributed by atoms with Crippen LogP contribution in [0, 0.1) is 0 Å². The number of hydrogen-bond donors (Lipinski definition) is 2. The number of nitrogens with zero attached hydrogens (tertiary/aromatic N) is 4. The van der Waals surface area contributed by atoms with Crippen molar-refractivity contribution in [2.75, 3.05) is 30.2 Å². The number of rotatable bonds is 27. The Bertz CT molecular complexity index is 1130. The molecule has 0 saturated carbocycles. The van der Waals surface area contributed by atoms with E-state index in [-0.39, 0.29) is 19.1 Å². The number of unbranched alkanes of at least 4 members (excludes halogenated alkanes) is 11. The van der Waals surface area contributed by atoms with Crippen LogP contribution in [-0.2, 0) is 20.4 Å². The monoisotopic (exact) mass is 699 g/mol. The number of imidazole rings is 1. The van der Waals surface area contributed by atoms with Crippen molar-refractivity contribution in [1.29, 1.82) is 0 Å². The topological polar surface area (TPSA) is 125 Å². The Morgan fingerprint density at radius 2 is 1.37 bits per heavy atom. The highest BCUT2D eigenvalue weighted by Crippen LogP contribution is 2.45. The Kier molecular flexibility index (Phi) is 19.6. The number of nitrogen functional groups attached to an aromatic ring is 1. The first kappa shape index (κ1) is 41.2. The van der Waals surface area contributed by atoms with E-state index < -0.39 is 15.7 Å². The van der Waals surface area contributed by atoms with Crippen LogP contribution in [0.15, 0.2) is 12.7 Å². The molecule has 0 fully saturated rings. The Morgan fingerprint density at radius 3 is 1.93 bits per heavy atom. The number of hydrogen-bond acceptors (Lipinski definition) is 8. The molecule has 3 N–H and O–H groups in total. The van der Waals surface area contributed by atoms with Gasteiger partial charge in [-0.25, -0.2) is 15.0 Å². The van der Waals surface area contributed by atoms with E-state index in [9.17, 15) is 9.46 Å². The molecular weight excluding hydrogens is 634 g/mol. The van der Waals surface area contributed by atoms with Crippen LogP contribution >= 0.6 is 19.4 Å². The zero-order chi connectivity index (χ0) is 34.0. The summed E-state index contributed by atoms with van der Waals surface area (Å²) in [6.07, 6.45) is 18.7. The van der Waals surface area contributed by atoms with E-state index in [4.69, 9.17) is 15.0 Å². The summed E-state index contributed by atoms with van der Waals surface area (Å²) in [6.45, 7) is 17.4. The van der Waals surface area contributed by atoms with Gasteiger partial charge in [0.2, 0.25) is 0 Å². The third-order valence-corrected chi connectivity index (χ3v) is 19.6. The van der Waals surface area contributed by atoms with Crippen molar-refractivity contribution < 1.29 is 18.7 Å². The maximum absolute atomic E-state index is 12.4. The number of aromatic nitrogens is 4. The molecule has 0 aromatic carbocycles. The molecule has 2 aromatic rings. The summed E-state index contributed by atoms with van der Waals surface area (Å²) in [7, 11) is -5.01. The standard InChI is InChI=1S/C34H66N5O4PSSi/c1-28(2)46(29(3)4,30(5)6)23-19-17-15-13-11-9-8-10-12-14-16-18-21-45-22-20-43-44(40,41)27-42-31(7)24-39-26-38-32-33(35)36-25-37-34(32)39/h25-26,28-31H,8-24,27H2,1-7H3,(H,40,41)(H2,35,36,37)/t31-/m1/s1. The van der Waals surface area contributed by atoms with Crippen LogP contribution in [0.1, 0.15) is 126 Å². The third kappa shape index (κ3) is 14.3. The lowest BCUT2D eigenvalue weighted by Gasteiger charge is -2.43. The molecule has 266 valence electrons. The lowest BCUT2D eigenvalue weighted by Crippen LogP contribution is -2.44. The fourth-order valence-corrected chi connectivity index (χ4v) is 15.7. The molecular formula is C34H66N5O4PSSi. The average molecular weight is 700 g/mol. The van der Waals surface area contributed by atoms with E-state index >= 15 is 0 Å². The van der Waals surface area contributed by atoms with E-state index in [1.54, 1.807) is 22.7 Å². The third-order valence-electron chi connectivity index (χ3n) is 9.80. The Hall–Kier alpha value is -0.973. The highest BCUT2D eigenvalue weighted by molar-refractivity contribution is 7.99. The van der Waals surface area contributed by atoms with Gasteiger partial charge in [-0.1, -0.05) is 135 Å². The maximum Gasteiger partial charge on any atom is 0.353 e. The number of fused-ring (bicyclic) bond motifs is 1. The van der Waals surface area contributed by atoms with Crippen molar-refractivity contribution in [2.45, 2.75) is 161 Å². The number of thioether (sulfide) groups is 1. The van der Waals surface area contributed by atoms with Crippen LogP contribution in [-0.4, -0.2) is 63.1 Å². The Labute approximate surface area is 285 Å². The molecule has 2 rings (SSSR count). The highest BCUT2D eigenvalue weighted by Gasteiger charge is 2.41. The minimum absolute atomic E-state index is 0.245. The molecule has 0 saturated heterocycles. The quantitative estimate of drug-likeness (QED) is 0.0532. The van der Waals surface area contributed by atoms with Gasteiger partial charge < -0.3 is 24.5 Å². The van der Waals surface area contributed by atoms with Crippen molar-refractivity contribution in [2.24, 2.45) is 0 Å². The smallest absolute Gasteiger partial charge is 0.353 e. The zero-order valence-corrected chi connectivity index (χ0v) is 32.8. The van der Waals surface area contributed by atoms with Gasteiger partial charge in [-0.05, 0) is 19.1 Å². The van der Waals surface area contributed by atoms with Crippen molar-refractivity contribution in [3.63, 3.8) is 0 Å². The summed E-state index contributed by atoms with van der Waals surface area (Å²) in [5.74, 6) is 2.09. The SMILES string of the molecule is CC(C)[Si](CCCCCCCCCCCCCCSCCOP(=O)(O)CO[C@H](C)Cn1cnc2c(N)ncnc21)(C(C)C)C(C)C. The molecule has 1 unspecified atom stereocenters. The normalized spacial score (nSPS) is 14.6. The molecule has 0 spiro atoms. The van der Waals surface area contributed by atoms with Gasteiger partial charge in [-0.2, -0.15) is 11.8 Å². The van der Waals surface area contributed by atoms with Gasteiger partial charge in [-0.3, -0.25) is 4.57 Å². The molecule has 2 aromatic heterocycles. The summed E-state index contributed by atoms with van der Waals surface area (Å²) < 4.78 is 25.0. The number of ether oxygens (including phenoxy) is 1. The van der Waals surface area contributed by atoms with Gasteiger partial charge in [0.1, 0.15) is 18.2 Å². The van der Waals surface area contributed by atoms with Gasteiger partial charge in [0.05, 0.1) is 33.7 Å². The molecule has 0 bridgehead atoms. The molecule has 9 nitrogen and oxygen atoms in total. The van der Waals surface area contributed by atoms with E-state index in [2.05, 4.69) is 56.5 Å². The summed E-state index contributed by atoms with van der Waals surface area (Å²) >= 11 is 1.78. The number of anilines is 1. The van der Waals surface area contributed by atoms with Gasteiger partial charge in [0.25, 0.3) is 0 Å². The number of nitrogens with two attached hydrogens (primary N) is 1. The van der Waals surface area contributed by atoms with Crippen molar-refractivity contribution in [3.05, 3.63) is 12.7 Å². The van der Waals surface area contributed by atoms with Crippen molar-refractivity contribution in [1.82, 2.24) is 19.5 Å². The van der Waals surface area contributed by atoms with Crippen LogP contribution in [0.4, 0.5) is 5.82 Å². The first-order chi connectivity index (χ1) is 21.9. The second-order valence-corrected chi connectivity index (χ2v) is 23.3. The molecule has 0 aliphatic heterocycles. The lowest BCUT2D eigenvalue weighted by molar-refractivity contribution is 0.0724. The van der Waals surface area contributed by atoms with Gasteiger partial charge in [-0.15, -0.1) is 0 Å². The molecule has 2 heterocycles. The second-order valence-electron chi connectivity index (χ2n) is 14.1. The van der Waals surface area contributed by atoms with Crippen LogP contribution in [0.25, 0.3) is 11.2 Å². The van der Waals surface area contributed by atoms with Crippen LogP contribution in [0.5, 0.6) is 0 Å². The maximum atomic E-state index is 12.4. The molecule has 2 atom stereocenters. The highest BCUT2D eigenvalue weighted by atomic mass is 32.2. The fraction of sp³-hybridized carbons (Fsp3) is 0.853. The van der Waals surface area contributed by atoms with Crippen LogP contribution in [0.2, 0.25) is 22.7 Å². The minimum Gasteiger partial charge on any atom is -0.382 e. The molecule has 0 aliphatic rings. The van der Waals surface area contributed by atoms with Crippen molar-refractivity contribution >= 4 is 44.4 Å². The average Bonchev–Trinajstić information content (AvgIpc) is 3.40. The summed E-state index contributed by atoms with van der Waals surface area (Å²) in [6, 6.07) is 1.52. The summed E-state index contributed by atoms with van der Waals surface area (Å²) in [5, 5.41) is 0. The molecule has 46 heavy (non-hydrogen) atoms. The van der Waals surface area contributed by atoms with E-state index in [1.165, 1.54) is 89.4 Å². The largest absolute Gasteiger partial charge is 0.382 e. The van der Waals surface area contributed by atoms with Gasteiger partial charge in [0, 0.05) is 5.75 Å².